The van der Waals surface area contributed by atoms with Crippen LogP contribution in [0.25, 0.3) is 0 Å². The van der Waals surface area contributed by atoms with Crippen molar-refractivity contribution in [2.24, 2.45) is 0 Å². The minimum atomic E-state index is 0.534. The molecule has 0 spiro atoms. The molecule has 21 heavy (non-hydrogen) atoms. The van der Waals surface area contributed by atoms with Crippen LogP contribution < -0.4 is 4.90 Å². The van der Waals surface area contributed by atoms with Crippen molar-refractivity contribution in [3.63, 3.8) is 0 Å². The summed E-state index contributed by atoms with van der Waals surface area (Å²) >= 11 is 0. The molecule has 2 aliphatic rings. The Morgan fingerprint density at radius 1 is 1.24 bits per heavy atom. The van der Waals surface area contributed by atoms with Crippen molar-refractivity contribution in [1.29, 1.82) is 0 Å². The van der Waals surface area contributed by atoms with E-state index >= 15 is 0 Å². The monoisotopic (exact) mass is 285 g/mol. The summed E-state index contributed by atoms with van der Waals surface area (Å²) in [4.78, 5) is 4.58. The van der Waals surface area contributed by atoms with Gasteiger partial charge in [0.1, 0.15) is 6.26 Å². The molecule has 4 rings (SSSR count). The van der Waals surface area contributed by atoms with Crippen LogP contribution >= 0.6 is 0 Å². The number of hydrogen-bond acceptors (Lipinski definition) is 6. The normalized spacial score (nSPS) is 19.0. The van der Waals surface area contributed by atoms with Gasteiger partial charge in [0, 0.05) is 37.7 Å². The molecular formula is C15H19N5O. The second-order valence-electron chi connectivity index (χ2n) is 6.06. The summed E-state index contributed by atoms with van der Waals surface area (Å²) in [7, 11) is 2.12. The zero-order chi connectivity index (χ0) is 14.2. The average molecular weight is 285 g/mol. The Morgan fingerprint density at radius 2 is 2.10 bits per heavy atom. The molecule has 0 amide bonds. The molecule has 0 aromatic carbocycles. The molecule has 3 heterocycles. The number of likely N-dealkylation sites (N-methyl/N-ethyl adjacent to an activating group) is 1. The van der Waals surface area contributed by atoms with E-state index in [0.717, 1.165) is 36.8 Å². The molecule has 0 bridgehead atoms. The van der Waals surface area contributed by atoms with E-state index in [0.29, 0.717) is 12.0 Å². The van der Waals surface area contributed by atoms with Crippen molar-refractivity contribution in [2.45, 2.75) is 31.3 Å². The first-order chi connectivity index (χ1) is 10.3. The van der Waals surface area contributed by atoms with Crippen LogP contribution in [0.2, 0.25) is 0 Å². The van der Waals surface area contributed by atoms with E-state index in [1.165, 1.54) is 12.8 Å². The Bertz CT molecular complexity index is 587. The van der Waals surface area contributed by atoms with E-state index in [1.807, 2.05) is 6.07 Å². The summed E-state index contributed by atoms with van der Waals surface area (Å²) in [5.74, 6) is 1.66. The van der Waals surface area contributed by atoms with Gasteiger partial charge in [0.25, 0.3) is 0 Å². The molecule has 1 aliphatic heterocycles. The SMILES string of the molecule is CN(Cc1ccon1)C1CN(c2ccc(C3CC3)nn2)C1. The summed E-state index contributed by atoms with van der Waals surface area (Å²) in [6.45, 7) is 2.80. The number of rotatable bonds is 5. The van der Waals surface area contributed by atoms with E-state index in [9.17, 15) is 0 Å². The van der Waals surface area contributed by atoms with Crippen LogP contribution in [-0.4, -0.2) is 46.4 Å². The first kappa shape index (κ1) is 12.8. The summed E-state index contributed by atoms with van der Waals surface area (Å²) in [5, 5.41) is 12.7. The van der Waals surface area contributed by atoms with Gasteiger partial charge in [0.15, 0.2) is 5.82 Å². The van der Waals surface area contributed by atoms with Gasteiger partial charge in [-0.25, -0.2) is 0 Å². The Labute approximate surface area is 123 Å². The summed E-state index contributed by atoms with van der Waals surface area (Å²) in [6, 6.07) is 6.68. The summed E-state index contributed by atoms with van der Waals surface area (Å²) < 4.78 is 4.87. The fourth-order valence-corrected chi connectivity index (χ4v) is 2.73. The van der Waals surface area contributed by atoms with Gasteiger partial charge in [-0.15, -0.1) is 5.10 Å². The van der Waals surface area contributed by atoms with Gasteiger partial charge in [0.05, 0.1) is 11.4 Å². The fraction of sp³-hybridized carbons (Fsp3) is 0.533. The van der Waals surface area contributed by atoms with Crippen molar-refractivity contribution in [1.82, 2.24) is 20.3 Å². The van der Waals surface area contributed by atoms with Gasteiger partial charge in [-0.1, -0.05) is 5.16 Å². The third-order valence-electron chi connectivity index (χ3n) is 4.38. The number of nitrogens with zero attached hydrogens (tertiary/aromatic N) is 5. The van der Waals surface area contributed by atoms with E-state index in [4.69, 9.17) is 4.52 Å². The van der Waals surface area contributed by atoms with Crippen molar-refractivity contribution in [3.8, 4) is 0 Å². The third kappa shape index (κ3) is 2.63. The Balaban J connectivity index is 1.31. The zero-order valence-electron chi connectivity index (χ0n) is 12.1. The van der Waals surface area contributed by atoms with Crippen molar-refractivity contribution >= 4 is 5.82 Å². The Morgan fingerprint density at radius 3 is 2.71 bits per heavy atom. The van der Waals surface area contributed by atoms with Gasteiger partial charge in [-0.05, 0) is 32.0 Å². The maximum absolute atomic E-state index is 4.87. The molecule has 6 nitrogen and oxygen atoms in total. The van der Waals surface area contributed by atoms with Crippen LogP contribution in [-0.2, 0) is 6.54 Å². The molecule has 0 atom stereocenters. The maximum atomic E-state index is 4.87. The van der Waals surface area contributed by atoms with Crippen LogP contribution in [0.5, 0.6) is 0 Å². The molecule has 2 fully saturated rings. The minimum absolute atomic E-state index is 0.534. The molecule has 2 aromatic heterocycles. The first-order valence-electron chi connectivity index (χ1n) is 7.47. The second-order valence-corrected chi connectivity index (χ2v) is 6.06. The molecule has 1 saturated carbocycles. The molecular weight excluding hydrogens is 266 g/mol. The first-order valence-corrected chi connectivity index (χ1v) is 7.47. The molecule has 110 valence electrons. The number of anilines is 1. The van der Waals surface area contributed by atoms with Gasteiger partial charge >= 0.3 is 0 Å². The Hall–Kier alpha value is -1.95. The van der Waals surface area contributed by atoms with Gasteiger partial charge in [-0.3, -0.25) is 4.90 Å². The molecule has 0 N–H and O–H groups in total. The van der Waals surface area contributed by atoms with E-state index in [1.54, 1.807) is 6.26 Å². The van der Waals surface area contributed by atoms with Gasteiger partial charge in [-0.2, -0.15) is 5.10 Å². The van der Waals surface area contributed by atoms with Crippen LogP contribution in [0.15, 0.2) is 29.0 Å². The maximum Gasteiger partial charge on any atom is 0.151 e. The molecule has 0 radical (unpaired) electrons. The highest BCUT2D eigenvalue weighted by atomic mass is 16.5. The molecule has 2 aromatic rings. The third-order valence-corrected chi connectivity index (χ3v) is 4.38. The molecule has 1 aliphatic carbocycles. The lowest BCUT2D eigenvalue weighted by molar-refractivity contribution is 0.192. The number of hydrogen-bond donors (Lipinski definition) is 0. The quantitative estimate of drug-likeness (QED) is 0.833. The van der Waals surface area contributed by atoms with Crippen LogP contribution in [0.4, 0.5) is 5.82 Å². The lowest BCUT2D eigenvalue weighted by Gasteiger charge is -2.44. The van der Waals surface area contributed by atoms with Crippen LogP contribution in [0.3, 0.4) is 0 Å². The highest BCUT2D eigenvalue weighted by Gasteiger charge is 2.32. The molecule has 1 saturated heterocycles. The predicted molar refractivity (Wildman–Crippen MR) is 78.0 cm³/mol. The predicted octanol–water partition coefficient (Wildman–Crippen LogP) is 1.66. The van der Waals surface area contributed by atoms with E-state index < -0.39 is 0 Å². The highest BCUT2D eigenvalue weighted by Crippen LogP contribution is 2.38. The van der Waals surface area contributed by atoms with E-state index in [-0.39, 0.29) is 0 Å². The molecule has 6 heteroatoms. The fourth-order valence-electron chi connectivity index (χ4n) is 2.73. The highest BCUT2D eigenvalue weighted by molar-refractivity contribution is 5.42. The van der Waals surface area contributed by atoms with Crippen molar-refractivity contribution in [2.75, 3.05) is 25.0 Å². The van der Waals surface area contributed by atoms with Crippen LogP contribution in [0, 0.1) is 0 Å². The zero-order valence-corrected chi connectivity index (χ0v) is 12.1. The Kier molecular flexibility index (Phi) is 3.11. The topological polar surface area (TPSA) is 58.3 Å². The van der Waals surface area contributed by atoms with Crippen LogP contribution in [0.1, 0.15) is 30.1 Å². The smallest absolute Gasteiger partial charge is 0.151 e. The summed E-state index contributed by atoms with van der Waals surface area (Å²) in [5.41, 5.74) is 2.13. The minimum Gasteiger partial charge on any atom is -0.364 e. The van der Waals surface area contributed by atoms with Crippen molar-refractivity contribution < 1.29 is 4.52 Å². The number of aromatic nitrogens is 3. The molecule has 0 unspecified atom stereocenters. The van der Waals surface area contributed by atoms with Gasteiger partial charge in [0.2, 0.25) is 0 Å². The van der Waals surface area contributed by atoms with Gasteiger partial charge < -0.3 is 9.42 Å². The average Bonchev–Trinajstić information content (AvgIpc) is 3.17. The second kappa shape index (κ2) is 5.11. The largest absolute Gasteiger partial charge is 0.364 e. The van der Waals surface area contributed by atoms with Crippen molar-refractivity contribution in [3.05, 3.63) is 35.9 Å². The summed E-state index contributed by atoms with van der Waals surface area (Å²) in [6.07, 6.45) is 4.16. The lowest BCUT2D eigenvalue weighted by atomic mass is 10.1. The standard InChI is InChI=1S/C15H19N5O/c1-19(8-12-6-7-21-18-12)13-9-20(10-13)15-5-4-14(16-17-15)11-2-3-11/h4-7,11,13H,2-3,8-10H2,1H3. The lowest BCUT2D eigenvalue weighted by Crippen LogP contribution is -2.58. The van der Waals surface area contributed by atoms with E-state index in [2.05, 4.69) is 44.3 Å².